The second-order valence-electron chi connectivity index (χ2n) is 1.30. The third-order valence-corrected chi connectivity index (χ3v) is 0.742. The minimum atomic E-state index is -0.921. The third kappa shape index (κ3) is 0.749. The maximum absolute atomic E-state index is 9.79. The van der Waals surface area contributed by atoms with E-state index in [2.05, 4.69) is 9.73 Å². The van der Waals surface area contributed by atoms with Crippen LogP contribution in [0.1, 0.15) is 0 Å². The molecule has 8 heavy (non-hydrogen) atoms. The van der Waals surface area contributed by atoms with Crippen LogP contribution in [0.25, 0.3) is 0 Å². The number of ether oxygens (including phenoxy) is 1. The van der Waals surface area contributed by atoms with Crippen molar-refractivity contribution in [3.63, 3.8) is 0 Å². The van der Waals surface area contributed by atoms with Crippen LogP contribution in [0.4, 0.5) is 0 Å². The molecule has 0 amide bonds. The molecule has 0 aromatic rings. The summed E-state index contributed by atoms with van der Waals surface area (Å²) >= 11 is 0. The summed E-state index contributed by atoms with van der Waals surface area (Å²) in [6.45, 7) is 0.0208. The zero-order chi connectivity index (χ0) is 5.98. The van der Waals surface area contributed by atoms with Gasteiger partial charge in [0.05, 0.1) is 4.92 Å². The van der Waals surface area contributed by atoms with Crippen molar-refractivity contribution in [2.24, 2.45) is 4.99 Å². The number of hydrogen-bond acceptors (Lipinski definition) is 4. The number of nitrogens with zero attached hydrogens (tertiary/aromatic N) is 2. The molecule has 1 heterocycles. The molecule has 0 spiro atoms. The fraction of sp³-hybridized carbons (Fsp3) is 0.667. The summed E-state index contributed by atoms with van der Waals surface area (Å²) in [7, 11) is 0. The molecule has 0 saturated heterocycles. The Morgan fingerprint density at radius 2 is 2.75 bits per heavy atom. The molecule has 1 rings (SSSR count). The number of hydrogen-bond donors (Lipinski definition) is 0. The van der Waals surface area contributed by atoms with E-state index in [1.807, 2.05) is 6.40 Å². The Kier molecular flexibility index (Phi) is 1.11. The monoisotopic (exact) mass is 115 g/mol. The maximum Gasteiger partial charge on any atom is 0.340 e. The zero-order valence-corrected chi connectivity index (χ0v) is 3.90. The van der Waals surface area contributed by atoms with Crippen LogP contribution in [0, 0.1) is 10.1 Å². The molecule has 1 aliphatic heterocycles. The van der Waals surface area contributed by atoms with Gasteiger partial charge in [-0.25, -0.2) is 0 Å². The highest BCUT2D eigenvalue weighted by molar-refractivity contribution is 5.48. The molecule has 1 radical (unpaired) electrons. The maximum atomic E-state index is 9.79. The van der Waals surface area contributed by atoms with Crippen LogP contribution in [-0.2, 0) is 4.74 Å². The lowest BCUT2D eigenvalue weighted by Gasteiger charge is -1.91. The van der Waals surface area contributed by atoms with Crippen molar-refractivity contribution in [2.75, 3.05) is 6.61 Å². The number of aliphatic imine (C=N–C) groups is 1. The van der Waals surface area contributed by atoms with Gasteiger partial charge in [-0.2, -0.15) is 4.99 Å². The molecule has 5 heteroatoms. The topological polar surface area (TPSA) is 64.7 Å². The Hall–Kier alpha value is -1.13. The van der Waals surface area contributed by atoms with E-state index in [0.29, 0.717) is 0 Å². The predicted octanol–water partition coefficient (Wildman–Crippen LogP) is -0.475. The first-order chi connectivity index (χ1) is 3.80. The fourth-order valence-electron chi connectivity index (χ4n) is 0.355. The lowest BCUT2D eigenvalue weighted by atomic mass is 10.6. The minimum Gasteiger partial charge on any atom is -0.464 e. The summed E-state index contributed by atoms with van der Waals surface area (Å²) in [5.74, 6) is 0. The molecule has 0 aromatic carbocycles. The van der Waals surface area contributed by atoms with Crippen LogP contribution in [0.15, 0.2) is 4.99 Å². The lowest BCUT2D eigenvalue weighted by Crippen LogP contribution is -2.17. The molecular weight excluding hydrogens is 112 g/mol. The Bertz CT molecular complexity index is 132. The van der Waals surface area contributed by atoms with Crippen LogP contribution in [-0.4, -0.2) is 24.1 Å². The van der Waals surface area contributed by atoms with Crippen LogP contribution in [0.5, 0.6) is 0 Å². The largest absolute Gasteiger partial charge is 0.464 e. The highest BCUT2D eigenvalue weighted by atomic mass is 16.6. The van der Waals surface area contributed by atoms with Gasteiger partial charge < -0.3 is 4.74 Å². The second-order valence-corrected chi connectivity index (χ2v) is 1.30. The Balaban J connectivity index is 2.48. The van der Waals surface area contributed by atoms with E-state index >= 15 is 0 Å². The molecule has 1 atom stereocenters. The van der Waals surface area contributed by atoms with Gasteiger partial charge in [0.25, 0.3) is 6.40 Å². The van der Waals surface area contributed by atoms with Gasteiger partial charge in [0.2, 0.25) is 0 Å². The molecule has 0 fully saturated rings. The van der Waals surface area contributed by atoms with Crippen molar-refractivity contribution in [1.29, 1.82) is 0 Å². The second kappa shape index (κ2) is 1.77. The fourth-order valence-corrected chi connectivity index (χ4v) is 0.355. The Labute approximate surface area is 45.1 Å². The summed E-state index contributed by atoms with van der Waals surface area (Å²) in [6.07, 6.45) is 1.12. The highest BCUT2D eigenvalue weighted by Gasteiger charge is 2.22. The predicted molar refractivity (Wildman–Crippen MR) is 24.2 cm³/mol. The van der Waals surface area contributed by atoms with Gasteiger partial charge >= 0.3 is 6.17 Å². The van der Waals surface area contributed by atoms with Crippen molar-refractivity contribution < 1.29 is 9.66 Å². The van der Waals surface area contributed by atoms with Gasteiger partial charge in [0.15, 0.2) is 6.61 Å². The van der Waals surface area contributed by atoms with Crippen LogP contribution >= 0.6 is 0 Å². The summed E-state index contributed by atoms with van der Waals surface area (Å²) in [4.78, 5) is 12.5. The third-order valence-electron chi connectivity index (χ3n) is 0.742. The first-order valence-corrected chi connectivity index (χ1v) is 2.01. The molecule has 5 nitrogen and oxygen atoms in total. The first kappa shape index (κ1) is 5.02. The van der Waals surface area contributed by atoms with E-state index in [1.165, 1.54) is 0 Å². The molecule has 1 aliphatic rings. The summed E-state index contributed by atoms with van der Waals surface area (Å²) < 4.78 is 4.36. The molecule has 0 saturated carbocycles. The van der Waals surface area contributed by atoms with Crippen molar-refractivity contribution in [3.8, 4) is 0 Å². The number of nitro groups is 1. The van der Waals surface area contributed by atoms with Crippen molar-refractivity contribution in [1.82, 2.24) is 0 Å². The average molecular weight is 115 g/mol. The Morgan fingerprint density at radius 3 is 3.00 bits per heavy atom. The van der Waals surface area contributed by atoms with E-state index in [0.717, 1.165) is 0 Å². The lowest BCUT2D eigenvalue weighted by molar-refractivity contribution is -0.519. The molecular formula is C3H3N2O3. The van der Waals surface area contributed by atoms with Crippen LogP contribution in [0.3, 0.4) is 0 Å². The van der Waals surface area contributed by atoms with Gasteiger partial charge in [-0.15, -0.1) is 0 Å². The van der Waals surface area contributed by atoms with Gasteiger partial charge in [-0.1, -0.05) is 0 Å². The molecule has 0 aliphatic carbocycles. The number of rotatable bonds is 1. The standard InChI is InChI=1S/C3H3N2O3/c6-5(7)3-1-8-2-4-3/h3H,1H2. The smallest absolute Gasteiger partial charge is 0.340 e. The van der Waals surface area contributed by atoms with Crippen molar-refractivity contribution >= 4 is 6.40 Å². The van der Waals surface area contributed by atoms with Crippen molar-refractivity contribution in [2.45, 2.75) is 6.17 Å². The zero-order valence-electron chi connectivity index (χ0n) is 3.90. The molecule has 0 N–H and O–H groups in total. The van der Waals surface area contributed by atoms with Gasteiger partial charge in [-0.05, 0) is 0 Å². The first-order valence-electron chi connectivity index (χ1n) is 2.01. The minimum absolute atomic E-state index is 0.0208. The quantitative estimate of drug-likeness (QED) is 0.342. The van der Waals surface area contributed by atoms with E-state index in [4.69, 9.17) is 0 Å². The summed E-state index contributed by atoms with van der Waals surface area (Å²) in [5.41, 5.74) is 0. The van der Waals surface area contributed by atoms with Crippen molar-refractivity contribution in [3.05, 3.63) is 10.1 Å². The SMILES string of the molecule is O=[N+]([O-])C1CO[C]=N1. The molecule has 0 aromatic heterocycles. The van der Waals surface area contributed by atoms with E-state index in [9.17, 15) is 10.1 Å². The van der Waals surface area contributed by atoms with Gasteiger partial charge in [0.1, 0.15) is 0 Å². The van der Waals surface area contributed by atoms with E-state index in [-0.39, 0.29) is 6.61 Å². The summed E-state index contributed by atoms with van der Waals surface area (Å²) in [6, 6.07) is 0. The van der Waals surface area contributed by atoms with Crippen LogP contribution in [0.2, 0.25) is 0 Å². The van der Waals surface area contributed by atoms with E-state index in [1.54, 1.807) is 0 Å². The Morgan fingerprint density at radius 1 is 2.00 bits per heavy atom. The summed E-state index contributed by atoms with van der Waals surface area (Å²) in [5, 5.41) is 9.79. The van der Waals surface area contributed by atoms with Gasteiger partial charge in [-0.3, -0.25) is 10.1 Å². The normalized spacial score (nSPS) is 25.2. The molecule has 1 unspecified atom stereocenters. The molecule has 0 bridgehead atoms. The van der Waals surface area contributed by atoms with E-state index < -0.39 is 11.1 Å². The highest BCUT2D eigenvalue weighted by Crippen LogP contribution is 1.97. The average Bonchev–Trinajstić information content (AvgIpc) is 2.12. The van der Waals surface area contributed by atoms with Crippen LogP contribution < -0.4 is 0 Å². The van der Waals surface area contributed by atoms with Gasteiger partial charge in [0, 0.05) is 0 Å². The molecule has 43 valence electrons.